The Morgan fingerprint density at radius 3 is 1.45 bits per heavy atom. The first kappa shape index (κ1) is 24.5. The van der Waals surface area contributed by atoms with Crippen molar-refractivity contribution in [1.82, 2.24) is 28.6 Å². The van der Waals surface area contributed by atoms with E-state index in [9.17, 15) is 9.59 Å². The fourth-order valence-electron chi connectivity index (χ4n) is 6.46. The molecule has 8 rings (SSSR count). The van der Waals surface area contributed by atoms with Gasteiger partial charge in [-0.15, -0.1) is 0 Å². The van der Waals surface area contributed by atoms with E-state index in [0.29, 0.717) is 37.3 Å². The minimum atomic E-state index is 0.0352. The first-order valence-electron chi connectivity index (χ1n) is 14.3. The van der Waals surface area contributed by atoms with E-state index >= 15 is 0 Å². The van der Waals surface area contributed by atoms with E-state index in [0.717, 1.165) is 33.8 Å². The Morgan fingerprint density at radius 1 is 0.571 bits per heavy atom. The molecule has 2 saturated heterocycles. The van der Waals surface area contributed by atoms with Crippen molar-refractivity contribution in [3.8, 4) is 22.5 Å². The molecular formula is C34H28N6O2. The second-order valence-corrected chi connectivity index (χ2v) is 11.3. The zero-order chi connectivity index (χ0) is 28.2. The Hall–Kier alpha value is -5.24. The van der Waals surface area contributed by atoms with Crippen LogP contribution >= 0.6 is 0 Å². The van der Waals surface area contributed by atoms with Gasteiger partial charge in [0.1, 0.15) is 11.3 Å². The summed E-state index contributed by atoms with van der Waals surface area (Å²) in [5, 5.41) is 0. The average Bonchev–Trinajstić information content (AvgIpc) is 3.82. The summed E-state index contributed by atoms with van der Waals surface area (Å²) < 4.78 is 3.96. The van der Waals surface area contributed by atoms with Gasteiger partial charge in [0.15, 0.2) is 0 Å². The third-order valence-corrected chi connectivity index (χ3v) is 8.60. The summed E-state index contributed by atoms with van der Waals surface area (Å²) in [5.41, 5.74) is 6.61. The van der Waals surface area contributed by atoms with Crippen LogP contribution in [0.15, 0.2) is 110 Å². The number of hydrogen-bond acceptors (Lipinski definition) is 4. The molecule has 2 aliphatic heterocycles. The maximum absolute atomic E-state index is 13.5. The number of aromatic nitrogens is 4. The molecule has 0 bridgehead atoms. The van der Waals surface area contributed by atoms with Gasteiger partial charge in [0.2, 0.25) is 0 Å². The zero-order valence-corrected chi connectivity index (χ0v) is 22.9. The molecule has 0 spiro atoms. The number of nitrogens with zero attached hydrogens (tertiary/aromatic N) is 6. The molecule has 6 aromatic rings. The Bertz CT molecular complexity index is 1770. The fraction of sp³-hybridized carbons (Fsp3) is 0.176. The van der Waals surface area contributed by atoms with Gasteiger partial charge in [-0.25, -0.2) is 9.97 Å². The summed E-state index contributed by atoms with van der Waals surface area (Å²) in [4.78, 5) is 40.3. The zero-order valence-electron chi connectivity index (χ0n) is 22.9. The molecule has 206 valence electrons. The van der Waals surface area contributed by atoms with Gasteiger partial charge in [0.25, 0.3) is 11.8 Å². The van der Waals surface area contributed by atoms with Crippen molar-refractivity contribution < 1.29 is 9.59 Å². The third-order valence-electron chi connectivity index (χ3n) is 8.60. The lowest BCUT2D eigenvalue weighted by molar-refractivity contribution is 0.0738. The van der Waals surface area contributed by atoms with Crippen LogP contribution in [0, 0.1) is 11.8 Å². The maximum Gasteiger partial charge on any atom is 0.253 e. The number of carbonyl (C=O) groups is 2. The molecule has 0 unspecified atom stereocenters. The quantitative estimate of drug-likeness (QED) is 0.303. The van der Waals surface area contributed by atoms with Gasteiger partial charge >= 0.3 is 0 Å². The molecule has 0 radical (unpaired) electrons. The number of pyridine rings is 2. The number of likely N-dealkylation sites (tertiary alicyclic amines) is 2. The highest BCUT2D eigenvalue weighted by molar-refractivity contribution is 5.97. The van der Waals surface area contributed by atoms with Crippen molar-refractivity contribution in [1.29, 1.82) is 0 Å². The van der Waals surface area contributed by atoms with Crippen LogP contribution < -0.4 is 0 Å². The van der Waals surface area contributed by atoms with Crippen LogP contribution in [-0.2, 0) is 0 Å². The Morgan fingerprint density at radius 2 is 1.02 bits per heavy atom. The fourth-order valence-corrected chi connectivity index (χ4v) is 6.46. The van der Waals surface area contributed by atoms with E-state index in [1.165, 1.54) is 0 Å². The van der Waals surface area contributed by atoms with Crippen LogP contribution in [0.4, 0.5) is 0 Å². The maximum atomic E-state index is 13.5. The van der Waals surface area contributed by atoms with Crippen molar-refractivity contribution in [3.63, 3.8) is 0 Å². The van der Waals surface area contributed by atoms with Gasteiger partial charge in [0, 0.05) is 85.1 Å². The first-order valence-corrected chi connectivity index (χ1v) is 14.3. The minimum Gasteiger partial charge on any atom is -0.338 e. The lowest BCUT2D eigenvalue weighted by Crippen LogP contribution is -2.35. The highest BCUT2D eigenvalue weighted by Gasteiger charge is 2.43. The summed E-state index contributed by atoms with van der Waals surface area (Å²) in [5.74, 6) is 0.628. The number of fused-ring (bicyclic) bond motifs is 3. The van der Waals surface area contributed by atoms with E-state index in [1.807, 2.05) is 128 Å². The number of amides is 2. The minimum absolute atomic E-state index is 0.0352. The number of rotatable bonds is 4. The van der Waals surface area contributed by atoms with Crippen LogP contribution in [0.3, 0.4) is 0 Å². The third kappa shape index (κ3) is 4.23. The number of benzene rings is 2. The molecule has 6 heterocycles. The molecule has 2 aliphatic rings. The molecule has 8 nitrogen and oxygen atoms in total. The summed E-state index contributed by atoms with van der Waals surface area (Å²) in [6.45, 7) is 2.64. The Labute approximate surface area is 242 Å². The molecule has 0 saturated carbocycles. The van der Waals surface area contributed by atoms with Crippen molar-refractivity contribution >= 4 is 23.1 Å². The second kappa shape index (κ2) is 9.69. The predicted octanol–water partition coefficient (Wildman–Crippen LogP) is 5.16. The van der Waals surface area contributed by atoms with E-state index in [1.54, 1.807) is 0 Å². The summed E-state index contributed by atoms with van der Waals surface area (Å²) in [6, 6.07) is 27.2. The van der Waals surface area contributed by atoms with E-state index < -0.39 is 0 Å². The highest BCUT2D eigenvalue weighted by atomic mass is 16.2. The van der Waals surface area contributed by atoms with Crippen molar-refractivity contribution in [2.45, 2.75) is 0 Å². The molecule has 4 aromatic heterocycles. The normalized spacial score (nSPS) is 18.2. The Kier molecular flexibility index (Phi) is 5.67. The molecule has 2 fully saturated rings. The Balaban J connectivity index is 0.947. The molecular weight excluding hydrogens is 524 g/mol. The standard InChI is InChI=1S/C34H28N6O2/c41-33(25-9-5-7-23(15-25)29-21-37-13-3-1-11-31(37)35-29)39-17-27-19-40(20-28(27)18-39)34(42)26-10-6-8-24(16-26)30-22-38-14-4-2-12-32(38)36-30/h1-16,21-22,27-28H,17-20H2. The summed E-state index contributed by atoms with van der Waals surface area (Å²) >= 11 is 0. The molecule has 8 heteroatoms. The van der Waals surface area contributed by atoms with Crippen molar-refractivity contribution in [2.75, 3.05) is 26.2 Å². The van der Waals surface area contributed by atoms with Gasteiger partial charge in [-0.1, -0.05) is 36.4 Å². The van der Waals surface area contributed by atoms with Crippen molar-refractivity contribution in [3.05, 3.63) is 121 Å². The van der Waals surface area contributed by atoms with Gasteiger partial charge in [-0.05, 0) is 48.5 Å². The molecule has 0 atom stereocenters. The van der Waals surface area contributed by atoms with Crippen LogP contribution in [0.25, 0.3) is 33.8 Å². The molecule has 42 heavy (non-hydrogen) atoms. The largest absolute Gasteiger partial charge is 0.338 e. The lowest BCUT2D eigenvalue weighted by atomic mass is 10.0. The number of hydrogen-bond donors (Lipinski definition) is 0. The monoisotopic (exact) mass is 552 g/mol. The van der Waals surface area contributed by atoms with Crippen LogP contribution in [-0.4, -0.2) is 66.6 Å². The van der Waals surface area contributed by atoms with E-state index in [-0.39, 0.29) is 23.7 Å². The van der Waals surface area contributed by atoms with Crippen molar-refractivity contribution in [2.24, 2.45) is 11.8 Å². The average molecular weight is 553 g/mol. The summed E-state index contributed by atoms with van der Waals surface area (Å²) in [7, 11) is 0. The van der Waals surface area contributed by atoms with Gasteiger partial charge in [-0.2, -0.15) is 0 Å². The second-order valence-electron chi connectivity index (χ2n) is 11.3. The number of imidazole rings is 2. The molecule has 2 aromatic carbocycles. The molecule has 2 amide bonds. The van der Waals surface area contributed by atoms with E-state index in [4.69, 9.17) is 9.97 Å². The molecule has 0 aliphatic carbocycles. The van der Waals surface area contributed by atoms with Crippen LogP contribution in [0.1, 0.15) is 20.7 Å². The highest BCUT2D eigenvalue weighted by Crippen LogP contribution is 2.33. The SMILES string of the molecule is O=C(c1cccc(-c2cn3ccccc3n2)c1)N1CC2CN(C(=O)c3cccc(-c4cn5ccccc5n4)c3)CC2C1. The first-order chi connectivity index (χ1) is 20.6. The van der Waals surface area contributed by atoms with Crippen LogP contribution in [0.2, 0.25) is 0 Å². The smallest absolute Gasteiger partial charge is 0.253 e. The van der Waals surface area contributed by atoms with Crippen LogP contribution in [0.5, 0.6) is 0 Å². The lowest BCUT2D eigenvalue weighted by Gasteiger charge is -2.22. The molecule has 0 N–H and O–H groups in total. The van der Waals surface area contributed by atoms with Gasteiger partial charge in [-0.3, -0.25) is 9.59 Å². The van der Waals surface area contributed by atoms with Gasteiger partial charge in [0.05, 0.1) is 11.4 Å². The van der Waals surface area contributed by atoms with Gasteiger partial charge < -0.3 is 18.6 Å². The summed E-state index contributed by atoms with van der Waals surface area (Å²) in [6.07, 6.45) is 7.90. The topological polar surface area (TPSA) is 75.2 Å². The van der Waals surface area contributed by atoms with E-state index in [2.05, 4.69) is 0 Å². The predicted molar refractivity (Wildman–Crippen MR) is 160 cm³/mol. The number of carbonyl (C=O) groups excluding carboxylic acids is 2.